The summed E-state index contributed by atoms with van der Waals surface area (Å²) in [6, 6.07) is 7.99. The quantitative estimate of drug-likeness (QED) is 0.851. The number of rotatable bonds is 5. The van der Waals surface area contributed by atoms with Gasteiger partial charge in [0.2, 0.25) is 5.91 Å². The van der Waals surface area contributed by atoms with Gasteiger partial charge in [0, 0.05) is 24.0 Å². The molecule has 0 aliphatic carbocycles. The fraction of sp³-hybridized carbons (Fsp3) is 0.364. The van der Waals surface area contributed by atoms with E-state index in [9.17, 15) is 4.79 Å². The number of hydrogen-bond donors (Lipinski definition) is 2. The Morgan fingerprint density at radius 1 is 1.33 bits per heavy atom. The van der Waals surface area contributed by atoms with Crippen molar-refractivity contribution in [2.45, 2.75) is 12.8 Å². The number of halogens is 1. The van der Waals surface area contributed by atoms with Crippen molar-refractivity contribution in [1.29, 1.82) is 0 Å². The Labute approximate surface area is 98.2 Å². The van der Waals surface area contributed by atoms with Crippen LogP contribution in [0.15, 0.2) is 28.7 Å². The first-order chi connectivity index (χ1) is 7.22. The van der Waals surface area contributed by atoms with Crippen LogP contribution in [-0.4, -0.2) is 19.0 Å². The van der Waals surface area contributed by atoms with E-state index in [0.29, 0.717) is 19.5 Å². The summed E-state index contributed by atoms with van der Waals surface area (Å²) in [5.74, 6) is 0.0587. The zero-order valence-corrected chi connectivity index (χ0v) is 10.1. The van der Waals surface area contributed by atoms with Gasteiger partial charge in [-0.2, -0.15) is 0 Å². The Hall–Kier alpha value is -0.870. The number of nitrogens with two attached hydrogens (primary N) is 1. The second-order valence-corrected chi connectivity index (χ2v) is 4.18. The smallest absolute Gasteiger partial charge is 0.220 e. The van der Waals surface area contributed by atoms with Crippen LogP contribution in [0, 0.1) is 0 Å². The first kappa shape index (κ1) is 12.2. The molecule has 0 aliphatic heterocycles. The molecule has 0 saturated carbocycles. The summed E-state index contributed by atoms with van der Waals surface area (Å²) in [6.07, 6.45) is 1.28. The van der Waals surface area contributed by atoms with E-state index >= 15 is 0 Å². The van der Waals surface area contributed by atoms with E-state index < -0.39 is 0 Å². The molecular formula is C11H15BrN2O. The molecule has 15 heavy (non-hydrogen) atoms. The van der Waals surface area contributed by atoms with E-state index in [1.807, 2.05) is 24.3 Å². The molecule has 4 heteroatoms. The maximum atomic E-state index is 11.3. The normalized spacial score (nSPS) is 10.0. The van der Waals surface area contributed by atoms with Crippen LogP contribution in [0.1, 0.15) is 12.0 Å². The van der Waals surface area contributed by atoms with Gasteiger partial charge in [0.05, 0.1) is 0 Å². The third-order valence-corrected chi connectivity index (χ3v) is 2.55. The third kappa shape index (κ3) is 4.95. The molecular weight excluding hydrogens is 256 g/mol. The minimum absolute atomic E-state index is 0.0587. The predicted molar refractivity (Wildman–Crippen MR) is 64.5 cm³/mol. The molecule has 0 aliphatic rings. The third-order valence-electron chi connectivity index (χ3n) is 2.02. The molecule has 0 fully saturated rings. The van der Waals surface area contributed by atoms with Gasteiger partial charge in [-0.15, -0.1) is 0 Å². The van der Waals surface area contributed by atoms with Gasteiger partial charge in [-0.3, -0.25) is 4.79 Å². The summed E-state index contributed by atoms with van der Waals surface area (Å²) < 4.78 is 1.05. The van der Waals surface area contributed by atoms with Crippen molar-refractivity contribution in [3.63, 3.8) is 0 Å². The number of hydrogen-bond acceptors (Lipinski definition) is 2. The fourth-order valence-corrected chi connectivity index (χ4v) is 1.47. The maximum Gasteiger partial charge on any atom is 0.220 e. The Kier molecular flexibility index (Phi) is 5.36. The van der Waals surface area contributed by atoms with E-state index in [0.717, 1.165) is 10.9 Å². The van der Waals surface area contributed by atoms with Crippen molar-refractivity contribution in [2.75, 3.05) is 13.1 Å². The van der Waals surface area contributed by atoms with Crippen LogP contribution in [0.5, 0.6) is 0 Å². The molecule has 0 radical (unpaired) electrons. The molecule has 1 amide bonds. The van der Waals surface area contributed by atoms with Gasteiger partial charge in [-0.25, -0.2) is 0 Å². The number of carbonyl (C=O) groups excluding carboxylic acids is 1. The van der Waals surface area contributed by atoms with E-state index in [4.69, 9.17) is 5.73 Å². The highest BCUT2D eigenvalue weighted by Crippen LogP contribution is 2.11. The second-order valence-electron chi connectivity index (χ2n) is 3.27. The summed E-state index contributed by atoms with van der Waals surface area (Å²) >= 11 is 3.37. The SMILES string of the molecule is NCCNC(=O)CCc1ccc(Br)cc1. The van der Waals surface area contributed by atoms with E-state index in [1.54, 1.807) is 0 Å². The van der Waals surface area contributed by atoms with Crippen LogP contribution in [0.4, 0.5) is 0 Å². The second kappa shape index (κ2) is 6.58. The maximum absolute atomic E-state index is 11.3. The predicted octanol–water partition coefficient (Wildman–Crippen LogP) is 1.46. The Morgan fingerprint density at radius 3 is 2.60 bits per heavy atom. The molecule has 3 N–H and O–H groups in total. The summed E-state index contributed by atoms with van der Waals surface area (Å²) in [7, 11) is 0. The van der Waals surface area contributed by atoms with Crippen LogP contribution in [0.3, 0.4) is 0 Å². The molecule has 0 atom stereocenters. The highest BCUT2D eigenvalue weighted by atomic mass is 79.9. The van der Waals surface area contributed by atoms with Gasteiger partial charge in [0.1, 0.15) is 0 Å². The zero-order valence-electron chi connectivity index (χ0n) is 8.50. The topological polar surface area (TPSA) is 55.1 Å². The lowest BCUT2D eigenvalue weighted by Gasteiger charge is -2.03. The molecule has 0 unspecified atom stereocenters. The summed E-state index contributed by atoms with van der Waals surface area (Å²) in [6.45, 7) is 1.04. The first-order valence-electron chi connectivity index (χ1n) is 4.93. The van der Waals surface area contributed by atoms with E-state index in [1.165, 1.54) is 5.56 Å². The summed E-state index contributed by atoms with van der Waals surface area (Å²) in [4.78, 5) is 11.3. The van der Waals surface area contributed by atoms with Gasteiger partial charge in [-0.1, -0.05) is 28.1 Å². The van der Waals surface area contributed by atoms with E-state index in [-0.39, 0.29) is 5.91 Å². The highest BCUT2D eigenvalue weighted by molar-refractivity contribution is 9.10. The molecule has 3 nitrogen and oxygen atoms in total. The number of aryl methyl sites for hydroxylation is 1. The summed E-state index contributed by atoms with van der Waals surface area (Å²) in [5.41, 5.74) is 6.45. The van der Waals surface area contributed by atoms with Gasteiger partial charge in [0.25, 0.3) is 0 Å². The fourth-order valence-electron chi connectivity index (χ4n) is 1.21. The molecule has 82 valence electrons. The van der Waals surface area contributed by atoms with Gasteiger partial charge in [0.15, 0.2) is 0 Å². The largest absolute Gasteiger partial charge is 0.355 e. The van der Waals surface area contributed by atoms with Gasteiger partial charge < -0.3 is 11.1 Å². The standard InChI is InChI=1S/C11H15BrN2O/c12-10-4-1-9(2-5-10)3-6-11(15)14-8-7-13/h1-2,4-5H,3,6-8,13H2,(H,14,15). The molecule has 1 rings (SSSR count). The van der Waals surface area contributed by atoms with Crippen molar-refractivity contribution < 1.29 is 4.79 Å². The van der Waals surface area contributed by atoms with Crippen LogP contribution >= 0.6 is 15.9 Å². The molecule has 0 spiro atoms. The lowest BCUT2D eigenvalue weighted by molar-refractivity contribution is -0.120. The molecule has 0 heterocycles. The van der Waals surface area contributed by atoms with Crippen LogP contribution in [0.25, 0.3) is 0 Å². The molecule has 1 aromatic carbocycles. The van der Waals surface area contributed by atoms with Crippen molar-refractivity contribution >= 4 is 21.8 Å². The average molecular weight is 271 g/mol. The number of carbonyl (C=O) groups is 1. The number of nitrogens with one attached hydrogen (secondary N) is 1. The lowest BCUT2D eigenvalue weighted by Crippen LogP contribution is -2.29. The molecule has 1 aromatic rings. The highest BCUT2D eigenvalue weighted by Gasteiger charge is 2.00. The zero-order chi connectivity index (χ0) is 11.1. The van der Waals surface area contributed by atoms with Crippen LogP contribution < -0.4 is 11.1 Å². The first-order valence-corrected chi connectivity index (χ1v) is 5.73. The number of benzene rings is 1. The minimum atomic E-state index is 0.0587. The Balaban J connectivity index is 2.30. The van der Waals surface area contributed by atoms with Crippen LogP contribution in [-0.2, 0) is 11.2 Å². The average Bonchev–Trinajstić information content (AvgIpc) is 2.25. The van der Waals surface area contributed by atoms with Crippen molar-refractivity contribution in [3.8, 4) is 0 Å². The van der Waals surface area contributed by atoms with E-state index in [2.05, 4.69) is 21.2 Å². The van der Waals surface area contributed by atoms with Crippen LogP contribution in [0.2, 0.25) is 0 Å². The molecule has 0 saturated heterocycles. The monoisotopic (exact) mass is 270 g/mol. The number of amides is 1. The van der Waals surface area contributed by atoms with Crippen molar-refractivity contribution in [3.05, 3.63) is 34.3 Å². The molecule has 0 bridgehead atoms. The summed E-state index contributed by atoms with van der Waals surface area (Å²) in [5, 5.41) is 2.74. The van der Waals surface area contributed by atoms with Gasteiger partial charge in [-0.05, 0) is 24.1 Å². The van der Waals surface area contributed by atoms with Crippen molar-refractivity contribution in [1.82, 2.24) is 5.32 Å². The lowest BCUT2D eigenvalue weighted by atomic mass is 10.1. The Bertz CT molecular complexity index is 311. The minimum Gasteiger partial charge on any atom is -0.355 e. The Morgan fingerprint density at radius 2 is 2.00 bits per heavy atom. The van der Waals surface area contributed by atoms with Gasteiger partial charge >= 0.3 is 0 Å². The van der Waals surface area contributed by atoms with Crippen molar-refractivity contribution in [2.24, 2.45) is 5.73 Å². The molecule has 0 aromatic heterocycles.